The molecule has 7 heteroatoms. The maximum atomic E-state index is 13.7. The van der Waals surface area contributed by atoms with E-state index in [1.54, 1.807) is 13.0 Å². The van der Waals surface area contributed by atoms with Crippen LogP contribution in [0, 0.1) is 5.82 Å². The number of hydrogen-bond donors (Lipinski definition) is 2. The molecule has 0 spiro atoms. The predicted molar refractivity (Wildman–Crippen MR) is 69.8 cm³/mol. The molecule has 0 aliphatic carbocycles. The van der Waals surface area contributed by atoms with Gasteiger partial charge in [0.05, 0.1) is 11.1 Å². The van der Waals surface area contributed by atoms with Crippen molar-refractivity contribution in [2.75, 3.05) is 6.61 Å². The number of carbonyl (C=O) groups is 1. The zero-order chi connectivity index (χ0) is 14.0. The predicted octanol–water partition coefficient (Wildman–Crippen LogP) is 3.08. The summed E-state index contributed by atoms with van der Waals surface area (Å²) < 4.78 is 19.1. The average molecular weight is 329 g/mol. The van der Waals surface area contributed by atoms with Gasteiger partial charge >= 0.3 is 5.97 Å². The smallest absolute Gasteiger partial charge is 0.355 e. The van der Waals surface area contributed by atoms with E-state index in [1.807, 2.05) is 0 Å². The van der Waals surface area contributed by atoms with E-state index in [4.69, 9.17) is 9.84 Å². The molecule has 19 heavy (non-hydrogen) atoms. The highest BCUT2D eigenvalue weighted by Gasteiger charge is 2.18. The molecule has 0 aliphatic heterocycles. The van der Waals surface area contributed by atoms with Gasteiger partial charge in [0.2, 0.25) is 0 Å². The van der Waals surface area contributed by atoms with Crippen molar-refractivity contribution in [3.63, 3.8) is 0 Å². The first-order valence-corrected chi connectivity index (χ1v) is 6.23. The Labute approximate surface area is 116 Å². The third-order valence-corrected chi connectivity index (χ3v) is 3.20. The molecular weight excluding hydrogens is 319 g/mol. The van der Waals surface area contributed by atoms with Gasteiger partial charge in [-0.3, -0.25) is 5.10 Å². The number of aromatic amines is 1. The van der Waals surface area contributed by atoms with E-state index in [1.165, 1.54) is 12.1 Å². The van der Waals surface area contributed by atoms with Crippen LogP contribution in [0.1, 0.15) is 17.4 Å². The lowest BCUT2D eigenvalue weighted by atomic mass is 10.1. The van der Waals surface area contributed by atoms with Gasteiger partial charge < -0.3 is 9.84 Å². The Morgan fingerprint density at radius 3 is 2.84 bits per heavy atom. The molecule has 2 N–H and O–H groups in total. The van der Waals surface area contributed by atoms with Crippen LogP contribution in [0.5, 0.6) is 5.75 Å². The molecule has 0 amide bonds. The van der Waals surface area contributed by atoms with Crippen molar-refractivity contribution < 1.29 is 19.0 Å². The van der Waals surface area contributed by atoms with Crippen molar-refractivity contribution in [3.05, 3.63) is 34.2 Å². The van der Waals surface area contributed by atoms with Crippen molar-refractivity contribution >= 4 is 21.9 Å². The summed E-state index contributed by atoms with van der Waals surface area (Å²) in [6.07, 6.45) is 0. The van der Waals surface area contributed by atoms with Gasteiger partial charge in [0, 0.05) is 5.56 Å². The number of nitrogens with zero attached hydrogens (tertiary/aromatic N) is 1. The standard InChI is InChI=1S/C12H10BrFN2O3/c1-2-19-8-4-3-6(5-7(8)14)10-9(13)11(12(17)18)16-15-10/h3-5H,2H2,1H3,(H,15,16)(H,17,18). The first-order valence-electron chi connectivity index (χ1n) is 5.44. The van der Waals surface area contributed by atoms with E-state index in [2.05, 4.69) is 26.1 Å². The van der Waals surface area contributed by atoms with Crippen LogP contribution in [-0.2, 0) is 0 Å². The van der Waals surface area contributed by atoms with Crippen molar-refractivity contribution in [1.29, 1.82) is 0 Å². The largest absolute Gasteiger partial charge is 0.491 e. The van der Waals surface area contributed by atoms with Crippen molar-refractivity contribution in [3.8, 4) is 17.0 Å². The minimum atomic E-state index is -1.14. The summed E-state index contributed by atoms with van der Waals surface area (Å²) in [5.41, 5.74) is 0.709. The van der Waals surface area contributed by atoms with Crippen LogP contribution in [0.3, 0.4) is 0 Å². The number of H-pyrrole nitrogens is 1. The van der Waals surface area contributed by atoms with Crippen molar-refractivity contribution in [2.45, 2.75) is 6.92 Å². The fourth-order valence-corrected chi connectivity index (χ4v) is 2.16. The molecule has 0 atom stereocenters. The summed E-state index contributed by atoms with van der Waals surface area (Å²) in [4.78, 5) is 10.9. The van der Waals surface area contributed by atoms with E-state index in [9.17, 15) is 9.18 Å². The minimum absolute atomic E-state index is 0.0794. The SMILES string of the molecule is CCOc1ccc(-c2n[nH]c(C(=O)O)c2Br)cc1F. The number of carboxylic acids is 1. The Bertz CT molecular complexity index is 627. The quantitative estimate of drug-likeness (QED) is 0.904. The highest BCUT2D eigenvalue weighted by molar-refractivity contribution is 9.10. The number of halogens is 2. The average Bonchev–Trinajstić information content (AvgIpc) is 2.74. The molecule has 0 saturated carbocycles. The molecule has 0 radical (unpaired) electrons. The van der Waals surface area contributed by atoms with E-state index >= 15 is 0 Å². The Hall–Kier alpha value is -1.89. The highest BCUT2D eigenvalue weighted by atomic mass is 79.9. The normalized spacial score (nSPS) is 10.5. The third-order valence-electron chi connectivity index (χ3n) is 2.43. The summed E-state index contributed by atoms with van der Waals surface area (Å²) in [7, 11) is 0. The molecular formula is C12H10BrFN2O3. The Morgan fingerprint density at radius 1 is 1.58 bits per heavy atom. The first-order chi connectivity index (χ1) is 9.04. The fourth-order valence-electron chi connectivity index (χ4n) is 1.58. The number of carboxylic acid groups (broad SMARTS) is 1. The second-order valence-corrected chi connectivity index (χ2v) is 4.44. The molecule has 0 saturated heterocycles. The van der Waals surface area contributed by atoms with Gasteiger partial charge in [-0.25, -0.2) is 9.18 Å². The molecule has 100 valence electrons. The van der Waals surface area contributed by atoms with Gasteiger partial charge in [0.15, 0.2) is 17.3 Å². The van der Waals surface area contributed by atoms with Crippen LogP contribution in [0.15, 0.2) is 22.7 Å². The Balaban J connectivity index is 2.42. The number of aromatic carboxylic acids is 1. The van der Waals surface area contributed by atoms with Gasteiger partial charge in [0.1, 0.15) is 5.69 Å². The van der Waals surface area contributed by atoms with Gasteiger partial charge in [-0.2, -0.15) is 5.10 Å². The Morgan fingerprint density at radius 2 is 2.32 bits per heavy atom. The van der Waals surface area contributed by atoms with Crippen LogP contribution in [-0.4, -0.2) is 27.9 Å². The molecule has 1 heterocycles. The van der Waals surface area contributed by atoms with Gasteiger partial charge in [-0.15, -0.1) is 0 Å². The zero-order valence-corrected chi connectivity index (χ0v) is 11.5. The van der Waals surface area contributed by atoms with Crippen molar-refractivity contribution in [1.82, 2.24) is 10.2 Å². The monoisotopic (exact) mass is 328 g/mol. The lowest BCUT2D eigenvalue weighted by Gasteiger charge is -2.05. The minimum Gasteiger partial charge on any atom is -0.491 e. The Kier molecular flexibility index (Phi) is 3.84. The van der Waals surface area contributed by atoms with Gasteiger partial charge in [0.25, 0.3) is 0 Å². The first kappa shape index (κ1) is 13.5. The van der Waals surface area contributed by atoms with E-state index in [-0.39, 0.29) is 15.9 Å². The summed E-state index contributed by atoms with van der Waals surface area (Å²) >= 11 is 3.13. The van der Waals surface area contributed by atoms with Crippen LogP contribution in [0.4, 0.5) is 4.39 Å². The molecule has 2 rings (SSSR count). The second kappa shape index (κ2) is 5.40. The van der Waals surface area contributed by atoms with Crippen LogP contribution < -0.4 is 4.74 Å². The zero-order valence-electron chi connectivity index (χ0n) is 9.91. The third kappa shape index (κ3) is 2.60. The lowest BCUT2D eigenvalue weighted by molar-refractivity contribution is 0.0689. The molecule has 0 fully saturated rings. The number of aromatic nitrogens is 2. The molecule has 0 bridgehead atoms. The number of rotatable bonds is 4. The van der Waals surface area contributed by atoms with Crippen molar-refractivity contribution in [2.24, 2.45) is 0 Å². The summed E-state index contributed by atoms with van der Waals surface area (Å²) in [6, 6.07) is 4.34. The second-order valence-electron chi connectivity index (χ2n) is 3.64. The fraction of sp³-hybridized carbons (Fsp3) is 0.167. The molecule has 1 aromatic carbocycles. The summed E-state index contributed by atoms with van der Waals surface area (Å²) in [5, 5.41) is 15.1. The van der Waals surface area contributed by atoms with Crippen LogP contribution in [0.25, 0.3) is 11.3 Å². The highest BCUT2D eigenvalue weighted by Crippen LogP contribution is 2.31. The number of ether oxygens (including phenoxy) is 1. The molecule has 1 aromatic heterocycles. The number of benzene rings is 1. The van der Waals surface area contributed by atoms with E-state index in [0.29, 0.717) is 17.9 Å². The maximum Gasteiger partial charge on any atom is 0.355 e. The van der Waals surface area contributed by atoms with E-state index < -0.39 is 11.8 Å². The summed E-state index contributed by atoms with van der Waals surface area (Å²) in [5.74, 6) is -1.51. The molecule has 2 aromatic rings. The van der Waals surface area contributed by atoms with Crippen LogP contribution >= 0.6 is 15.9 Å². The van der Waals surface area contributed by atoms with Gasteiger partial charge in [-0.05, 0) is 41.1 Å². The molecule has 5 nitrogen and oxygen atoms in total. The summed E-state index contributed by atoms with van der Waals surface area (Å²) in [6.45, 7) is 2.13. The lowest BCUT2D eigenvalue weighted by Crippen LogP contribution is -1.97. The van der Waals surface area contributed by atoms with E-state index in [0.717, 1.165) is 0 Å². The molecule has 0 aliphatic rings. The van der Waals surface area contributed by atoms with Gasteiger partial charge in [-0.1, -0.05) is 0 Å². The number of nitrogens with one attached hydrogen (secondary N) is 1. The topological polar surface area (TPSA) is 75.2 Å². The van der Waals surface area contributed by atoms with Crippen LogP contribution in [0.2, 0.25) is 0 Å². The molecule has 0 unspecified atom stereocenters. The maximum absolute atomic E-state index is 13.7. The number of hydrogen-bond acceptors (Lipinski definition) is 3.